The highest BCUT2D eigenvalue weighted by atomic mass is 35.5. The predicted octanol–water partition coefficient (Wildman–Crippen LogP) is 3.50. The molecule has 142 valence electrons. The van der Waals surface area contributed by atoms with E-state index < -0.39 is 33.6 Å². The zero-order valence-electron chi connectivity index (χ0n) is 14.9. The van der Waals surface area contributed by atoms with Crippen LogP contribution in [0.2, 0.25) is 5.02 Å². The Balaban J connectivity index is 2.65. The summed E-state index contributed by atoms with van der Waals surface area (Å²) in [6, 6.07) is 1.57. The number of rotatable bonds is 6. The molecule has 1 aromatic carbocycles. The van der Waals surface area contributed by atoms with Gasteiger partial charge in [-0.25, -0.2) is 12.8 Å². The van der Waals surface area contributed by atoms with Crippen LogP contribution in [-0.4, -0.2) is 41.8 Å². The Kier molecular flexibility index (Phi) is 6.03. The summed E-state index contributed by atoms with van der Waals surface area (Å²) in [4.78, 5) is 0. The molecule has 1 heterocycles. The smallest absolute Gasteiger partial charge is 0.214 e. The lowest BCUT2D eigenvalue weighted by atomic mass is 9.86. The molecular formula is C17H25ClFNO4S. The van der Waals surface area contributed by atoms with Gasteiger partial charge in [-0.2, -0.15) is 4.31 Å². The third kappa shape index (κ3) is 3.94. The van der Waals surface area contributed by atoms with Gasteiger partial charge < -0.3 is 9.84 Å². The predicted molar refractivity (Wildman–Crippen MR) is 95.9 cm³/mol. The van der Waals surface area contributed by atoms with Gasteiger partial charge in [0.1, 0.15) is 23.3 Å². The molecule has 1 aliphatic heterocycles. The van der Waals surface area contributed by atoms with Gasteiger partial charge in [0.05, 0.1) is 16.8 Å². The molecule has 0 amide bonds. The topological polar surface area (TPSA) is 66.8 Å². The molecule has 25 heavy (non-hydrogen) atoms. The summed E-state index contributed by atoms with van der Waals surface area (Å²) >= 11 is 5.85. The Morgan fingerprint density at radius 1 is 1.36 bits per heavy atom. The van der Waals surface area contributed by atoms with Gasteiger partial charge >= 0.3 is 0 Å². The van der Waals surface area contributed by atoms with Crippen molar-refractivity contribution in [3.63, 3.8) is 0 Å². The molecule has 5 nitrogen and oxygen atoms in total. The SMILES string of the molecule is CCCCN(C1c2cc(F)c(Cl)cc2OC(C)(C)C1O)S(=O)(=O)CC. The van der Waals surface area contributed by atoms with Crippen LogP contribution in [0.3, 0.4) is 0 Å². The van der Waals surface area contributed by atoms with Gasteiger partial charge in [-0.3, -0.25) is 0 Å². The lowest BCUT2D eigenvalue weighted by molar-refractivity contribution is -0.0793. The number of aliphatic hydroxyl groups is 1. The average molecular weight is 394 g/mol. The van der Waals surface area contributed by atoms with E-state index in [-0.39, 0.29) is 17.3 Å². The molecule has 0 aromatic heterocycles. The maximum atomic E-state index is 14.1. The summed E-state index contributed by atoms with van der Waals surface area (Å²) in [6.45, 7) is 7.08. The van der Waals surface area contributed by atoms with Crippen LogP contribution in [0.4, 0.5) is 4.39 Å². The number of hydrogen-bond acceptors (Lipinski definition) is 4. The molecule has 0 saturated carbocycles. The van der Waals surface area contributed by atoms with Crippen molar-refractivity contribution in [2.24, 2.45) is 0 Å². The number of sulfonamides is 1. The molecule has 0 saturated heterocycles. The zero-order chi connectivity index (χ0) is 19.0. The van der Waals surface area contributed by atoms with Crippen LogP contribution in [0.1, 0.15) is 52.1 Å². The number of fused-ring (bicyclic) bond motifs is 1. The number of hydrogen-bond donors (Lipinski definition) is 1. The van der Waals surface area contributed by atoms with E-state index in [0.717, 1.165) is 12.5 Å². The molecule has 0 fully saturated rings. The first kappa shape index (κ1) is 20.4. The first-order chi connectivity index (χ1) is 11.5. The van der Waals surface area contributed by atoms with E-state index in [1.165, 1.54) is 10.4 Å². The summed E-state index contributed by atoms with van der Waals surface area (Å²) in [5.74, 6) is -0.489. The molecule has 1 aliphatic rings. The zero-order valence-corrected chi connectivity index (χ0v) is 16.5. The van der Waals surface area contributed by atoms with Gasteiger partial charge in [0.25, 0.3) is 0 Å². The summed E-state index contributed by atoms with van der Waals surface area (Å²) in [7, 11) is -3.62. The Labute approximate surface area is 153 Å². The van der Waals surface area contributed by atoms with Crippen LogP contribution in [0.5, 0.6) is 5.75 Å². The first-order valence-electron chi connectivity index (χ1n) is 8.40. The second-order valence-electron chi connectivity index (χ2n) is 6.76. The fourth-order valence-corrected chi connectivity index (χ4v) is 4.47. The Morgan fingerprint density at radius 2 is 2.00 bits per heavy atom. The highest BCUT2D eigenvalue weighted by molar-refractivity contribution is 7.89. The maximum absolute atomic E-state index is 14.1. The van der Waals surface area contributed by atoms with E-state index in [1.807, 2.05) is 6.92 Å². The van der Waals surface area contributed by atoms with Crippen molar-refractivity contribution in [1.29, 1.82) is 0 Å². The second-order valence-corrected chi connectivity index (χ2v) is 9.38. The van der Waals surface area contributed by atoms with Crippen molar-refractivity contribution in [3.8, 4) is 5.75 Å². The average Bonchev–Trinajstić information content (AvgIpc) is 2.53. The first-order valence-corrected chi connectivity index (χ1v) is 10.4. The summed E-state index contributed by atoms with van der Waals surface area (Å²) in [5, 5.41) is 10.7. The summed E-state index contributed by atoms with van der Waals surface area (Å²) in [6.07, 6.45) is 0.272. The van der Waals surface area contributed by atoms with Crippen LogP contribution in [0.25, 0.3) is 0 Å². The van der Waals surface area contributed by atoms with E-state index in [2.05, 4.69) is 0 Å². The normalized spacial score (nSPS) is 22.6. The Bertz CT molecular complexity index is 738. The number of nitrogens with zero attached hydrogens (tertiary/aromatic N) is 1. The molecule has 0 aliphatic carbocycles. The quantitative estimate of drug-likeness (QED) is 0.803. The molecule has 0 spiro atoms. The minimum absolute atomic E-state index is 0.105. The molecular weight excluding hydrogens is 369 g/mol. The minimum atomic E-state index is -3.62. The van der Waals surface area contributed by atoms with Crippen molar-refractivity contribution >= 4 is 21.6 Å². The van der Waals surface area contributed by atoms with Crippen LogP contribution < -0.4 is 4.74 Å². The van der Waals surface area contributed by atoms with E-state index in [4.69, 9.17) is 16.3 Å². The van der Waals surface area contributed by atoms with Gasteiger partial charge in [-0.1, -0.05) is 24.9 Å². The van der Waals surface area contributed by atoms with E-state index in [1.54, 1.807) is 20.8 Å². The number of halogens is 2. The summed E-state index contributed by atoms with van der Waals surface area (Å²) in [5.41, 5.74) is -0.756. The van der Waals surface area contributed by atoms with Gasteiger partial charge in [-0.15, -0.1) is 0 Å². The highest BCUT2D eigenvalue weighted by Gasteiger charge is 2.48. The molecule has 0 radical (unpaired) electrons. The third-order valence-corrected chi connectivity index (χ3v) is 6.66. The molecule has 2 unspecified atom stereocenters. The largest absolute Gasteiger partial charge is 0.485 e. The van der Waals surface area contributed by atoms with Crippen molar-refractivity contribution in [3.05, 3.63) is 28.5 Å². The molecule has 8 heteroatoms. The van der Waals surface area contributed by atoms with Crippen molar-refractivity contribution in [2.45, 2.75) is 58.3 Å². The van der Waals surface area contributed by atoms with Crippen LogP contribution in [0, 0.1) is 5.82 Å². The van der Waals surface area contributed by atoms with Gasteiger partial charge in [0.15, 0.2) is 0 Å². The molecule has 2 rings (SSSR count). The maximum Gasteiger partial charge on any atom is 0.214 e. The van der Waals surface area contributed by atoms with E-state index >= 15 is 0 Å². The van der Waals surface area contributed by atoms with Gasteiger partial charge in [0, 0.05) is 18.2 Å². The lowest BCUT2D eigenvalue weighted by Gasteiger charge is -2.45. The molecule has 0 bridgehead atoms. The van der Waals surface area contributed by atoms with Gasteiger partial charge in [0.2, 0.25) is 10.0 Å². The fourth-order valence-electron chi connectivity index (χ4n) is 3.00. The monoisotopic (exact) mass is 393 g/mol. The number of aliphatic hydroxyl groups excluding tert-OH is 1. The molecule has 1 aromatic rings. The molecule has 2 atom stereocenters. The second kappa shape index (κ2) is 7.39. The number of benzene rings is 1. The number of ether oxygens (including phenoxy) is 1. The van der Waals surface area contributed by atoms with E-state index in [9.17, 15) is 17.9 Å². The number of unbranched alkanes of at least 4 members (excludes halogenated alkanes) is 1. The Morgan fingerprint density at radius 3 is 2.56 bits per heavy atom. The van der Waals surface area contributed by atoms with Crippen LogP contribution in [0.15, 0.2) is 12.1 Å². The fraction of sp³-hybridized carbons (Fsp3) is 0.647. The standard InChI is InChI=1S/C17H25ClFNO4S/c1-5-7-8-20(25(22,23)6-2)15-11-9-13(19)12(18)10-14(11)24-17(3,4)16(15)21/h9-10,15-16,21H,5-8H2,1-4H3. The third-order valence-electron chi connectivity index (χ3n) is 4.52. The minimum Gasteiger partial charge on any atom is -0.485 e. The lowest BCUT2D eigenvalue weighted by Crippen LogP contribution is -2.55. The van der Waals surface area contributed by atoms with Crippen molar-refractivity contribution < 1.29 is 22.7 Å². The van der Waals surface area contributed by atoms with Crippen molar-refractivity contribution in [1.82, 2.24) is 4.31 Å². The van der Waals surface area contributed by atoms with Crippen molar-refractivity contribution in [2.75, 3.05) is 12.3 Å². The van der Waals surface area contributed by atoms with Crippen LogP contribution >= 0.6 is 11.6 Å². The van der Waals surface area contributed by atoms with Crippen LogP contribution in [-0.2, 0) is 10.0 Å². The molecule has 1 N–H and O–H groups in total. The Hall–Kier alpha value is -0.890. The van der Waals surface area contributed by atoms with Gasteiger partial charge in [-0.05, 0) is 33.3 Å². The van der Waals surface area contributed by atoms with E-state index in [0.29, 0.717) is 17.7 Å². The highest BCUT2D eigenvalue weighted by Crippen LogP contribution is 2.45. The summed E-state index contributed by atoms with van der Waals surface area (Å²) < 4.78 is 46.5.